The molecule has 0 saturated heterocycles. The van der Waals surface area contributed by atoms with Crippen molar-refractivity contribution in [3.05, 3.63) is 59.3 Å². The van der Waals surface area contributed by atoms with Gasteiger partial charge >= 0.3 is 0 Å². The molecule has 7 nitrogen and oxygen atoms in total. The highest BCUT2D eigenvalue weighted by Crippen LogP contribution is 2.36. The number of nitrogens with zero attached hydrogens (tertiary/aromatic N) is 4. The summed E-state index contributed by atoms with van der Waals surface area (Å²) < 4.78 is 1.74. The first kappa shape index (κ1) is 17.0. The lowest BCUT2D eigenvalue weighted by atomic mass is 10.0. The van der Waals surface area contributed by atoms with Gasteiger partial charge in [-0.3, -0.25) is 19.4 Å². The van der Waals surface area contributed by atoms with E-state index in [2.05, 4.69) is 25.7 Å². The molecule has 0 aromatic carbocycles. The highest BCUT2D eigenvalue weighted by Gasteiger charge is 2.28. The molecule has 1 amide bonds. The third-order valence-corrected chi connectivity index (χ3v) is 4.66. The maximum absolute atomic E-state index is 12.6. The number of fused-ring (bicyclic) bond motifs is 1. The molecule has 136 valence electrons. The van der Waals surface area contributed by atoms with E-state index in [1.165, 1.54) is 0 Å². The van der Waals surface area contributed by atoms with Gasteiger partial charge in [0, 0.05) is 48.0 Å². The molecule has 0 radical (unpaired) electrons. The Balaban J connectivity index is 1.79. The van der Waals surface area contributed by atoms with E-state index in [1.807, 2.05) is 46.1 Å². The molecule has 3 aromatic heterocycles. The number of aromatic nitrogens is 4. The zero-order valence-corrected chi connectivity index (χ0v) is 15.7. The van der Waals surface area contributed by atoms with Gasteiger partial charge in [-0.15, -0.1) is 0 Å². The minimum Gasteiger partial charge on any atom is -0.342 e. The van der Waals surface area contributed by atoms with Crippen LogP contribution < -0.4 is 10.6 Å². The molecule has 7 heteroatoms. The topological polar surface area (TPSA) is 84.7 Å². The van der Waals surface area contributed by atoms with Gasteiger partial charge in [0.05, 0.1) is 23.2 Å². The third kappa shape index (κ3) is 2.97. The Bertz CT molecular complexity index is 1100. The van der Waals surface area contributed by atoms with Gasteiger partial charge in [-0.05, 0) is 38.5 Å². The van der Waals surface area contributed by atoms with Crippen LogP contribution in [0.3, 0.4) is 0 Å². The number of amides is 1. The second-order valence-corrected chi connectivity index (χ2v) is 6.72. The third-order valence-electron chi connectivity index (χ3n) is 4.66. The maximum atomic E-state index is 12.6. The second-order valence-electron chi connectivity index (χ2n) is 6.72. The first-order valence-electron chi connectivity index (χ1n) is 8.65. The number of aryl methyl sites for hydroxylation is 3. The number of hydrogen-bond donors (Lipinski definition) is 2. The van der Waals surface area contributed by atoms with E-state index in [0.29, 0.717) is 11.3 Å². The van der Waals surface area contributed by atoms with Crippen molar-refractivity contribution in [1.82, 2.24) is 19.7 Å². The van der Waals surface area contributed by atoms with E-state index < -0.39 is 0 Å². The lowest BCUT2D eigenvalue weighted by molar-refractivity contribution is -0.110. The van der Waals surface area contributed by atoms with E-state index in [4.69, 9.17) is 0 Å². The zero-order valence-electron chi connectivity index (χ0n) is 15.7. The van der Waals surface area contributed by atoms with Gasteiger partial charge in [-0.25, -0.2) is 0 Å². The SMILES string of the molecule is CC(Nc1nn(C)cc1C)=C1C(=O)Nc2cnc(-c3cnccc3C)cc21. The van der Waals surface area contributed by atoms with Crippen LogP contribution in [-0.4, -0.2) is 25.7 Å². The van der Waals surface area contributed by atoms with Gasteiger partial charge in [-0.1, -0.05) is 0 Å². The number of carbonyl (C=O) groups excluding carboxylic acids is 1. The van der Waals surface area contributed by atoms with Crippen LogP contribution in [0.15, 0.2) is 42.6 Å². The minimum atomic E-state index is -0.148. The summed E-state index contributed by atoms with van der Waals surface area (Å²) in [5.41, 5.74) is 6.71. The quantitative estimate of drug-likeness (QED) is 0.700. The Hall–Kier alpha value is -3.48. The molecule has 0 atom stereocenters. The summed E-state index contributed by atoms with van der Waals surface area (Å²) in [7, 11) is 1.87. The molecule has 4 heterocycles. The molecule has 1 aliphatic rings. The Labute approximate surface area is 157 Å². The fraction of sp³-hybridized carbons (Fsp3) is 0.200. The normalized spacial score (nSPS) is 14.7. The van der Waals surface area contributed by atoms with E-state index in [9.17, 15) is 4.79 Å². The number of hydrogen-bond acceptors (Lipinski definition) is 5. The van der Waals surface area contributed by atoms with Crippen molar-refractivity contribution in [3.8, 4) is 11.3 Å². The van der Waals surface area contributed by atoms with Gasteiger partial charge in [0.25, 0.3) is 5.91 Å². The summed E-state index contributed by atoms with van der Waals surface area (Å²) >= 11 is 0. The Morgan fingerprint density at radius 1 is 1.19 bits per heavy atom. The monoisotopic (exact) mass is 360 g/mol. The largest absolute Gasteiger partial charge is 0.342 e. The Morgan fingerprint density at radius 3 is 2.70 bits per heavy atom. The van der Waals surface area contributed by atoms with Crippen LogP contribution in [0.25, 0.3) is 16.8 Å². The number of nitrogens with one attached hydrogen (secondary N) is 2. The highest BCUT2D eigenvalue weighted by molar-refractivity contribution is 6.32. The molecule has 0 unspecified atom stereocenters. The molecular weight excluding hydrogens is 340 g/mol. The smallest absolute Gasteiger partial charge is 0.258 e. The first-order chi connectivity index (χ1) is 12.9. The van der Waals surface area contributed by atoms with Crippen molar-refractivity contribution in [3.63, 3.8) is 0 Å². The van der Waals surface area contributed by atoms with Gasteiger partial charge < -0.3 is 10.6 Å². The van der Waals surface area contributed by atoms with E-state index in [-0.39, 0.29) is 5.91 Å². The van der Waals surface area contributed by atoms with Crippen molar-refractivity contribution in [2.75, 3.05) is 10.6 Å². The van der Waals surface area contributed by atoms with Crippen LogP contribution in [0, 0.1) is 13.8 Å². The predicted octanol–water partition coefficient (Wildman–Crippen LogP) is 3.29. The Morgan fingerprint density at radius 2 is 2.00 bits per heavy atom. The van der Waals surface area contributed by atoms with E-state index in [0.717, 1.165) is 39.5 Å². The highest BCUT2D eigenvalue weighted by atomic mass is 16.2. The number of rotatable bonds is 3. The number of allylic oxidation sites excluding steroid dienone is 1. The van der Waals surface area contributed by atoms with Crippen molar-refractivity contribution in [2.24, 2.45) is 7.05 Å². The van der Waals surface area contributed by atoms with E-state index >= 15 is 0 Å². The van der Waals surface area contributed by atoms with E-state index in [1.54, 1.807) is 23.3 Å². The molecular formula is C20H20N6O. The number of anilines is 2. The summed E-state index contributed by atoms with van der Waals surface area (Å²) in [4.78, 5) is 21.3. The summed E-state index contributed by atoms with van der Waals surface area (Å²) in [6, 6.07) is 3.88. The van der Waals surface area contributed by atoms with Gasteiger partial charge in [0.2, 0.25) is 0 Å². The van der Waals surface area contributed by atoms with Crippen LogP contribution in [0.4, 0.5) is 11.5 Å². The van der Waals surface area contributed by atoms with Crippen molar-refractivity contribution in [1.29, 1.82) is 0 Å². The minimum absolute atomic E-state index is 0.148. The van der Waals surface area contributed by atoms with Gasteiger partial charge in [0.1, 0.15) is 0 Å². The molecule has 1 aliphatic heterocycles. The fourth-order valence-corrected chi connectivity index (χ4v) is 3.29. The fourth-order valence-electron chi connectivity index (χ4n) is 3.29. The molecule has 0 saturated carbocycles. The van der Waals surface area contributed by atoms with Gasteiger partial charge in [-0.2, -0.15) is 5.10 Å². The average molecular weight is 360 g/mol. The van der Waals surface area contributed by atoms with Crippen LogP contribution in [0.1, 0.15) is 23.6 Å². The van der Waals surface area contributed by atoms with Crippen LogP contribution in [-0.2, 0) is 11.8 Å². The van der Waals surface area contributed by atoms with Crippen molar-refractivity contribution < 1.29 is 4.79 Å². The average Bonchev–Trinajstić information content (AvgIpc) is 3.12. The zero-order chi connectivity index (χ0) is 19.1. The summed E-state index contributed by atoms with van der Waals surface area (Å²) in [6.45, 7) is 5.87. The lowest BCUT2D eigenvalue weighted by Crippen LogP contribution is -2.09. The molecule has 3 aromatic rings. The summed E-state index contributed by atoms with van der Waals surface area (Å²) in [5.74, 6) is 0.589. The van der Waals surface area contributed by atoms with Crippen LogP contribution in [0.2, 0.25) is 0 Å². The molecule has 0 bridgehead atoms. The Kier molecular flexibility index (Phi) is 3.99. The van der Waals surface area contributed by atoms with Crippen LogP contribution in [0.5, 0.6) is 0 Å². The summed E-state index contributed by atoms with van der Waals surface area (Å²) in [6.07, 6.45) is 7.17. The standard InChI is InChI=1S/C20H20N6O/c1-11-5-6-21-8-15(11)16-7-14-17(9-22-16)24-20(27)18(14)13(3)23-19-12(2)10-26(4)25-19/h5-10H,1-4H3,(H,23,25)(H,24,27). The van der Waals surface area contributed by atoms with Gasteiger partial charge in [0.15, 0.2) is 5.82 Å². The molecule has 4 rings (SSSR count). The maximum Gasteiger partial charge on any atom is 0.258 e. The predicted molar refractivity (Wildman–Crippen MR) is 105 cm³/mol. The first-order valence-corrected chi connectivity index (χ1v) is 8.65. The molecule has 2 N–H and O–H groups in total. The summed E-state index contributed by atoms with van der Waals surface area (Å²) in [5, 5.41) is 10.6. The number of pyridine rings is 2. The van der Waals surface area contributed by atoms with Crippen LogP contribution >= 0.6 is 0 Å². The number of carbonyl (C=O) groups is 1. The molecule has 0 spiro atoms. The van der Waals surface area contributed by atoms with Crippen molar-refractivity contribution >= 4 is 23.0 Å². The second kappa shape index (κ2) is 6.35. The van der Waals surface area contributed by atoms with Crippen molar-refractivity contribution in [2.45, 2.75) is 20.8 Å². The molecule has 27 heavy (non-hydrogen) atoms. The molecule has 0 fully saturated rings. The lowest BCUT2D eigenvalue weighted by Gasteiger charge is -2.09. The molecule has 0 aliphatic carbocycles.